The molecule has 3 N–H and O–H groups in total. The lowest BCUT2D eigenvalue weighted by Gasteiger charge is -2.03. The van der Waals surface area contributed by atoms with Crippen LogP contribution in [-0.4, -0.2) is 5.11 Å². The molecule has 2 nitrogen and oxygen atoms in total. The van der Waals surface area contributed by atoms with Crippen LogP contribution in [0.1, 0.15) is 11.1 Å². The quantitative estimate of drug-likeness (QED) is 0.664. The van der Waals surface area contributed by atoms with Crippen molar-refractivity contribution >= 4 is 0 Å². The molecule has 0 radical (unpaired) electrons. The van der Waals surface area contributed by atoms with Gasteiger partial charge in [-0.25, -0.2) is 0 Å². The minimum Gasteiger partial charge on any atom is -0.508 e. The van der Waals surface area contributed by atoms with E-state index < -0.39 is 0 Å². The molecule has 0 aliphatic carbocycles. The summed E-state index contributed by atoms with van der Waals surface area (Å²) < 4.78 is 0. The van der Waals surface area contributed by atoms with E-state index in [4.69, 9.17) is 5.73 Å². The highest BCUT2D eigenvalue weighted by Crippen LogP contribution is 2.18. The van der Waals surface area contributed by atoms with Crippen molar-refractivity contribution in [2.45, 2.75) is 13.0 Å². The Kier molecular flexibility index (Phi) is 2.88. The largest absolute Gasteiger partial charge is 0.508 e. The molecule has 0 saturated heterocycles. The van der Waals surface area contributed by atoms with Crippen molar-refractivity contribution in [1.29, 1.82) is 0 Å². The number of hydrogen-bond acceptors (Lipinski definition) is 2. The Labute approximate surface area is 72.3 Å². The molecule has 2 heteroatoms. The lowest BCUT2D eigenvalue weighted by molar-refractivity contribution is 0.469. The second-order valence-corrected chi connectivity index (χ2v) is 2.66. The van der Waals surface area contributed by atoms with Gasteiger partial charge in [-0.15, -0.1) is 6.58 Å². The van der Waals surface area contributed by atoms with Gasteiger partial charge in [-0.2, -0.15) is 0 Å². The third kappa shape index (κ3) is 1.86. The number of benzene rings is 1. The standard InChI is InChI=1S/C10H13NO/c1-2-3-9-6-8(7-11)4-5-10(9)12/h2,4-6,12H,1,3,7,11H2. The molecule has 0 bridgehead atoms. The third-order valence-electron chi connectivity index (χ3n) is 1.74. The number of allylic oxidation sites excluding steroid dienone is 1. The van der Waals surface area contributed by atoms with Gasteiger partial charge in [-0.05, 0) is 23.6 Å². The monoisotopic (exact) mass is 163 g/mol. The molecule has 1 aromatic carbocycles. The minimum absolute atomic E-state index is 0.312. The second kappa shape index (κ2) is 3.93. The van der Waals surface area contributed by atoms with Crippen LogP contribution < -0.4 is 5.73 Å². The number of hydrogen-bond donors (Lipinski definition) is 2. The van der Waals surface area contributed by atoms with Crippen LogP contribution in [0.5, 0.6) is 5.75 Å². The van der Waals surface area contributed by atoms with E-state index in [1.807, 2.05) is 12.1 Å². The molecule has 0 atom stereocenters. The molecule has 0 aromatic heterocycles. The van der Waals surface area contributed by atoms with Crippen molar-refractivity contribution in [3.8, 4) is 5.75 Å². The molecular weight excluding hydrogens is 150 g/mol. The van der Waals surface area contributed by atoms with Crippen LogP contribution in [-0.2, 0) is 13.0 Å². The number of phenols is 1. The molecule has 0 unspecified atom stereocenters. The van der Waals surface area contributed by atoms with E-state index in [0.717, 1.165) is 11.1 Å². The Hall–Kier alpha value is -1.28. The lowest BCUT2D eigenvalue weighted by atomic mass is 10.1. The van der Waals surface area contributed by atoms with Gasteiger partial charge in [0.15, 0.2) is 0 Å². The van der Waals surface area contributed by atoms with Gasteiger partial charge in [0.1, 0.15) is 5.75 Å². The van der Waals surface area contributed by atoms with E-state index in [1.54, 1.807) is 12.1 Å². The van der Waals surface area contributed by atoms with E-state index >= 15 is 0 Å². The Morgan fingerprint density at radius 2 is 2.25 bits per heavy atom. The van der Waals surface area contributed by atoms with Crippen molar-refractivity contribution in [2.75, 3.05) is 0 Å². The fourth-order valence-corrected chi connectivity index (χ4v) is 1.08. The maximum absolute atomic E-state index is 9.37. The van der Waals surface area contributed by atoms with Gasteiger partial charge >= 0.3 is 0 Å². The van der Waals surface area contributed by atoms with Gasteiger partial charge in [0, 0.05) is 6.54 Å². The summed E-state index contributed by atoms with van der Waals surface area (Å²) in [4.78, 5) is 0. The Bertz CT molecular complexity index is 281. The summed E-state index contributed by atoms with van der Waals surface area (Å²) in [5, 5.41) is 9.37. The number of phenolic OH excluding ortho intramolecular Hbond substituents is 1. The first kappa shape index (κ1) is 8.81. The zero-order valence-corrected chi connectivity index (χ0v) is 6.96. The molecule has 0 amide bonds. The molecule has 64 valence electrons. The first-order chi connectivity index (χ1) is 5.77. The fourth-order valence-electron chi connectivity index (χ4n) is 1.08. The summed E-state index contributed by atoms with van der Waals surface area (Å²) >= 11 is 0. The highest BCUT2D eigenvalue weighted by Gasteiger charge is 1.99. The number of nitrogens with two attached hydrogens (primary N) is 1. The van der Waals surface area contributed by atoms with Gasteiger partial charge in [-0.3, -0.25) is 0 Å². The summed E-state index contributed by atoms with van der Waals surface area (Å²) in [7, 11) is 0. The van der Waals surface area contributed by atoms with E-state index in [1.165, 1.54) is 0 Å². The van der Waals surface area contributed by atoms with Crippen LogP contribution >= 0.6 is 0 Å². The van der Waals surface area contributed by atoms with Crippen LogP contribution in [0.4, 0.5) is 0 Å². The maximum atomic E-state index is 9.37. The molecule has 0 aliphatic heterocycles. The van der Waals surface area contributed by atoms with Crippen molar-refractivity contribution < 1.29 is 5.11 Å². The average Bonchev–Trinajstić information content (AvgIpc) is 2.09. The van der Waals surface area contributed by atoms with E-state index in [2.05, 4.69) is 6.58 Å². The lowest BCUT2D eigenvalue weighted by Crippen LogP contribution is -1.96. The topological polar surface area (TPSA) is 46.2 Å². The van der Waals surface area contributed by atoms with Gasteiger partial charge in [0.2, 0.25) is 0 Å². The Balaban J connectivity index is 2.99. The van der Waals surface area contributed by atoms with Crippen LogP contribution in [0, 0.1) is 0 Å². The highest BCUT2D eigenvalue weighted by atomic mass is 16.3. The van der Waals surface area contributed by atoms with Crippen molar-refractivity contribution in [1.82, 2.24) is 0 Å². The van der Waals surface area contributed by atoms with Crippen molar-refractivity contribution in [2.24, 2.45) is 5.73 Å². The molecular formula is C10H13NO. The predicted molar refractivity (Wildman–Crippen MR) is 49.9 cm³/mol. The van der Waals surface area contributed by atoms with Crippen LogP contribution in [0.15, 0.2) is 30.9 Å². The highest BCUT2D eigenvalue weighted by molar-refractivity contribution is 5.37. The Morgan fingerprint density at radius 3 is 2.83 bits per heavy atom. The summed E-state index contributed by atoms with van der Waals surface area (Å²) in [6, 6.07) is 5.39. The van der Waals surface area contributed by atoms with E-state index in [9.17, 15) is 5.11 Å². The summed E-state index contributed by atoms with van der Waals surface area (Å²) in [6.45, 7) is 4.11. The SMILES string of the molecule is C=CCc1cc(CN)ccc1O. The number of aromatic hydroxyl groups is 1. The van der Waals surface area contributed by atoms with Crippen LogP contribution in [0.2, 0.25) is 0 Å². The number of rotatable bonds is 3. The molecule has 0 spiro atoms. The van der Waals surface area contributed by atoms with E-state index in [0.29, 0.717) is 18.7 Å². The van der Waals surface area contributed by atoms with Gasteiger partial charge in [0.25, 0.3) is 0 Å². The maximum Gasteiger partial charge on any atom is 0.119 e. The molecule has 0 aliphatic rings. The van der Waals surface area contributed by atoms with Crippen molar-refractivity contribution in [3.63, 3.8) is 0 Å². The summed E-state index contributed by atoms with van der Waals surface area (Å²) in [5.74, 6) is 0.312. The normalized spacial score (nSPS) is 9.75. The fraction of sp³-hybridized carbons (Fsp3) is 0.200. The van der Waals surface area contributed by atoms with Crippen LogP contribution in [0.25, 0.3) is 0 Å². The van der Waals surface area contributed by atoms with Gasteiger partial charge in [0.05, 0.1) is 0 Å². The zero-order valence-electron chi connectivity index (χ0n) is 6.96. The predicted octanol–water partition coefficient (Wildman–Crippen LogP) is 1.58. The van der Waals surface area contributed by atoms with Gasteiger partial charge in [-0.1, -0.05) is 18.2 Å². The molecule has 0 saturated carbocycles. The first-order valence-corrected chi connectivity index (χ1v) is 3.89. The molecule has 0 heterocycles. The van der Waals surface area contributed by atoms with Gasteiger partial charge < -0.3 is 10.8 Å². The van der Waals surface area contributed by atoms with E-state index in [-0.39, 0.29) is 0 Å². The smallest absolute Gasteiger partial charge is 0.119 e. The zero-order chi connectivity index (χ0) is 8.97. The molecule has 12 heavy (non-hydrogen) atoms. The average molecular weight is 163 g/mol. The molecule has 1 rings (SSSR count). The van der Waals surface area contributed by atoms with Crippen molar-refractivity contribution in [3.05, 3.63) is 42.0 Å². The first-order valence-electron chi connectivity index (χ1n) is 3.89. The third-order valence-corrected chi connectivity index (χ3v) is 1.74. The second-order valence-electron chi connectivity index (χ2n) is 2.66. The minimum atomic E-state index is 0.312. The summed E-state index contributed by atoms with van der Waals surface area (Å²) in [6.07, 6.45) is 2.44. The Morgan fingerprint density at radius 1 is 1.50 bits per heavy atom. The molecule has 1 aromatic rings. The summed E-state index contributed by atoms with van der Waals surface area (Å²) in [5.41, 5.74) is 7.37. The van der Waals surface area contributed by atoms with Crippen LogP contribution in [0.3, 0.4) is 0 Å². The molecule has 0 fully saturated rings.